The molecular formula is C25H31N. The molecule has 1 heterocycles. The summed E-state index contributed by atoms with van der Waals surface area (Å²) in [5, 5.41) is 0. The van der Waals surface area contributed by atoms with Gasteiger partial charge in [-0.15, -0.1) is 0 Å². The van der Waals surface area contributed by atoms with Crippen LogP contribution in [0.2, 0.25) is 0 Å². The number of fused-ring (bicyclic) bond motifs is 1. The zero-order valence-corrected chi connectivity index (χ0v) is 16.0. The van der Waals surface area contributed by atoms with Gasteiger partial charge >= 0.3 is 0 Å². The highest BCUT2D eigenvalue weighted by atomic mass is 15.2. The van der Waals surface area contributed by atoms with E-state index in [2.05, 4.69) is 60.4 Å². The van der Waals surface area contributed by atoms with Gasteiger partial charge in [-0.05, 0) is 85.7 Å². The Labute approximate surface area is 158 Å². The Balaban J connectivity index is 1.48. The molecule has 0 aromatic heterocycles. The van der Waals surface area contributed by atoms with Crippen LogP contribution in [0.15, 0.2) is 48.5 Å². The molecule has 1 heteroatoms. The van der Waals surface area contributed by atoms with Crippen LogP contribution < -0.4 is 0 Å². The molecule has 2 aromatic rings. The average molecular weight is 346 g/mol. The summed E-state index contributed by atoms with van der Waals surface area (Å²) in [4.78, 5) is 2.76. The molecule has 136 valence electrons. The molecule has 1 saturated heterocycles. The van der Waals surface area contributed by atoms with Crippen molar-refractivity contribution < 1.29 is 0 Å². The van der Waals surface area contributed by atoms with Crippen LogP contribution >= 0.6 is 0 Å². The van der Waals surface area contributed by atoms with Crippen LogP contribution in [0.3, 0.4) is 0 Å². The van der Waals surface area contributed by atoms with E-state index in [-0.39, 0.29) is 0 Å². The van der Waals surface area contributed by atoms with Gasteiger partial charge in [0, 0.05) is 12.0 Å². The fraction of sp³-hybridized carbons (Fsp3) is 0.520. The molecule has 2 unspecified atom stereocenters. The monoisotopic (exact) mass is 345 g/mol. The van der Waals surface area contributed by atoms with E-state index in [4.69, 9.17) is 0 Å². The number of nitrogens with zero attached hydrogens (tertiary/aromatic N) is 1. The number of aryl methyl sites for hydroxylation is 1. The summed E-state index contributed by atoms with van der Waals surface area (Å²) in [6.45, 7) is 5.02. The molecule has 2 aliphatic carbocycles. The van der Waals surface area contributed by atoms with Gasteiger partial charge in [-0.25, -0.2) is 0 Å². The van der Waals surface area contributed by atoms with E-state index >= 15 is 0 Å². The highest BCUT2D eigenvalue weighted by molar-refractivity contribution is 5.41. The number of hydrogen-bond donors (Lipinski definition) is 0. The highest BCUT2D eigenvalue weighted by Crippen LogP contribution is 2.44. The first-order valence-electron chi connectivity index (χ1n) is 10.7. The lowest BCUT2D eigenvalue weighted by molar-refractivity contribution is 0.0876. The molecule has 0 radical (unpaired) electrons. The van der Waals surface area contributed by atoms with E-state index in [1.807, 2.05) is 0 Å². The minimum atomic E-state index is 0.666. The number of rotatable bonds is 4. The maximum absolute atomic E-state index is 2.76. The SMILES string of the molecule is CC1CC(c2ccc3c(c2)C(Cc2ccccc2)C(N2CCC2)CC3)C1. The van der Waals surface area contributed by atoms with Gasteiger partial charge < -0.3 is 0 Å². The van der Waals surface area contributed by atoms with Gasteiger partial charge in [-0.3, -0.25) is 4.90 Å². The normalized spacial score (nSPS) is 31.0. The minimum absolute atomic E-state index is 0.666. The number of benzene rings is 2. The fourth-order valence-electron chi connectivity index (χ4n) is 5.55. The van der Waals surface area contributed by atoms with Gasteiger partial charge in [0.2, 0.25) is 0 Å². The van der Waals surface area contributed by atoms with Crippen molar-refractivity contribution >= 4 is 0 Å². The van der Waals surface area contributed by atoms with Gasteiger partial charge in [0.25, 0.3) is 0 Å². The Hall–Kier alpha value is -1.60. The van der Waals surface area contributed by atoms with Crippen molar-refractivity contribution in [3.8, 4) is 0 Å². The fourth-order valence-corrected chi connectivity index (χ4v) is 5.55. The maximum atomic E-state index is 2.76. The zero-order chi connectivity index (χ0) is 17.5. The van der Waals surface area contributed by atoms with Gasteiger partial charge in [-0.1, -0.05) is 55.5 Å². The highest BCUT2D eigenvalue weighted by Gasteiger charge is 2.36. The lowest BCUT2D eigenvalue weighted by atomic mass is 9.69. The standard InChI is InChI=1S/C25H31N/c1-18-14-22(15-18)21-9-8-20-10-11-25(26-12-5-13-26)24(23(20)17-21)16-19-6-3-2-4-7-19/h2-4,6-9,17-18,22,24-25H,5,10-16H2,1H3. The third kappa shape index (κ3) is 3.01. The lowest BCUT2D eigenvalue weighted by Gasteiger charge is -2.46. The second-order valence-corrected chi connectivity index (χ2v) is 9.02. The molecule has 2 aromatic carbocycles. The molecule has 2 atom stereocenters. The van der Waals surface area contributed by atoms with Crippen LogP contribution in [-0.4, -0.2) is 24.0 Å². The molecular weight excluding hydrogens is 314 g/mol. The number of likely N-dealkylation sites (tertiary alicyclic amines) is 1. The summed E-state index contributed by atoms with van der Waals surface area (Å²) < 4.78 is 0. The zero-order valence-electron chi connectivity index (χ0n) is 16.0. The van der Waals surface area contributed by atoms with E-state index < -0.39 is 0 Å². The van der Waals surface area contributed by atoms with Crippen LogP contribution in [0.1, 0.15) is 66.7 Å². The molecule has 0 amide bonds. The predicted octanol–water partition coefficient (Wildman–Crippen LogP) is 5.55. The van der Waals surface area contributed by atoms with Gasteiger partial charge in [0.1, 0.15) is 0 Å². The Morgan fingerprint density at radius 2 is 1.81 bits per heavy atom. The quantitative estimate of drug-likeness (QED) is 0.702. The van der Waals surface area contributed by atoms with Crippen LogP contribution in [0.4, 0.5) is 0 Å². The second kappa shape index (κ2) is 6.85. The van der Waals surface area contributed by atoms with Crippen molar-refractivity contribution in [1.29, 1.82) is 0 Å². The smallest absolute Gasteiger partial charge is 0.0170 e. The van der Waals surface area contributed by atoms with Crippen LogP contribution in [0, 0.1) is 5.92 Å². The summed E-state index contributed by atoms with van der Waals surface area (Å²) in [6, 6.07) is 19.4. The summed E-state index contributed by atoms with van der Waals surface area (Å²) in [5.41, 5.74) is 6.41. The second-order valence-electron chi connectivity index (χ2n) is 9.02. The minimum Gasteiger partial charge on any atom is -0.300 e. The van der Waals surface area contributed by atoms with Crippen molar-refractivity contribution in [2.75, 3.05) is 13.1 Å². The van der Waals surface area contributed by atoms with E-state index in [1.54, 1.807) is 16.7 Å². The third-order valence-corrected chi connectivity index (χ3v) is 7.25. The molecule has 5 rings (SSSR count). The molecule has 1 nitrogen and oxygen atoms in total. The van der Waals surface area contributed by atoms with Crippen LogP contribution in [0.25, 0.3) is 0 Å². The molecule has 3 aliphatic rings. The number of hydrogen-bond acceptors (Lipinski definition) is 1. The van der Waals surface area contributed by atoms with Crippen LogP contribution in [0.5, 0.6) is 0 Å². The van der Waals surface area contributed by atoms with E-state index in [0.717, 1.165) is 17.9 Å². The molecule has 2 fully saturated rings. The summed E-state index contributed by atoms with van der Waals surface area (Å²) in [6.07, 6.45) is 7.96. The largest absolute Gasteiger partial charge is 0.300 e. The van der Waals surface area contributed by atoms with E-state index in [0.29, 0.717) is 5.92 Å². The van der Waals surface area contributed by atoms with Crippen molar-refractivity contribution in [2.45, 2.75) is 63.3 Å². The topological polar surface area (TPSA) is 3.24 Å². The van der Waals surface area contributed by atoms with Crippen molar-refractivity contribution in [2.24, 2.45) is 5.92 Å². The third-order valence-electron chi connectivity index (χ3n) is 7.25. The first-order chi connectivity index (χ1) is 12.8. The van der Waals surface area contributed by atoms with Gasteiger partial charge in [-0.2, -0.15) is 0 Å². The Kier molecular flexibility index (Phi) is 4.36. The first-order valence-corrected chi connectivity index (χ1v) is 10.7. The maximum Gasteiger partial charge on any atom is 0.0170 e. The lowest BCUT2D eigenvalue weighted by Crippen LogP contribution is -2.50. The van der Waals surface area contributed by atoms with E-state index in [9.17, 15) is 0 Å². The van der Waals surface area contributed by atoms with Crippen LogP contribution in [-0.2, 0) is 12.8 Å². The summed E-state index contributed by atoms with van der Waals surface area (Å²) in [5.74, 6) is 2.40. The molecule has 0 N–H and O–H groups in total. The van der Waals surface area contributed by atoms with Gasteiger partial charge in [0.15, 0.2) is 0 Å². The predicted molar refractivity (Wildman–Crippen MR) is 109 cm³/mol. The average Bonchev–Trinajstić information content (AvgIpc) is 2.60. The summed E-state index contributed by atoms with van der Waals surface area (Å²) in [7, 11) is 0. The van der Waals surface area contributed by atoms with Crippen molar-refractivity contribution in [3.05, 3.63) is 70.8 Å². The van der Waals surface area contributed by atoms with Crippen molar-refractivity contribution in [1.82, 2.24) is 4.90 Å². The molecule has 1 aliphatic heterocycles. The first kappa shape index (κ1) is 16.6. The molecule has 0 spiro atoms. The summed E-state index contributed by atoms with van der Waals surface area (Å²) >= 11 is 0. The van der Waals surface area contributed by atoms with Crippen molar-refractivity contribution in [3.63, 3.8) is 0 Å². The molecule has 26 heavy (non-hydrogen) atoms. The Morgan fingerprint density at radius 1 is 1.00 bits per heavy atom. The molecule has 1 saturated carbocycles. The Morgan fingerprint density at radius 3 is 2.50 bits per heavy atom. The Bertz CT molecular complexity index is 755. The molecule has 0 bridgehead atoms. The van der Waals surface area contributed by atoms with E-state index in [1.165, 1.54) is 57.2 Å². The van der Waals surface area contributed by atoms with Gasteiger partial charge in [0.05, 0.1) is 0 Å².